The van der Waals surface area contributed by atoms with Gasteiger partial charge < -0.3 is 14.2 Å². The zero-order valence-corrected chi connectivity index (χ0v) is 21.7. The first-order valence-corrected chi connectivity index (χ1v) is 12.7. The fourth-order valence-corrected chi connectivity index (χ4v) is 5.73. The van der Waals surface area contributed by atoms with E-state index in [0.717, 1.165) is 34.1 Å². The van der Waals surface area contributed by atoms with E-state index in [2.05, 4.69) is 28.7 Å². The van der Waals surface area contributed by atoms with Crippen molar-refractivity contribution in [3.05, 3.63) is 61.6 Å². The Morgan fingerprint density at radius 1 is 1.39 bits per heavy atom. The molecular weight excluding hydrogens is 571 g/mol. The minimum atomic E-state index is -0.0945. The number of halogens is 1. The summed E-state index contributed by atoms with van der Waals surface area (Å²) in [4.78, 5) is 15.2. The molecule has 0 aromatic heterocycles. The molecule has 4 rings (SSSR count). The lowest BCUT2D eigenvalue weighted by molar-refractivity contribution is -0.123. The van der Waals surface area contributed by atoms with E-state index < -0.39 is 0 Å². The fourth-order valence-electron chi connectivity index (χ4n) is 3.67. The van der Waals surface area contributed by atoms with Crippen molar-refractivity contribution < 1.29 is 19.0 Å². The van der Waals surface area contributed by atoms with Gasteiger partial charge in [0.15, 0.2) is 11.5 Å². The summed E-state index contributed by atoms with van der Waals surface area (Å²) in [7, 11) is 1.58. The molecule has 2 aromatic rings. The molecule has 2 heterocycles. The first kappa shape index (κ1) is 24.0. The Morgan fingerprint density at radius 3 is 2.94 bits per heavy atom. The third kappa shape index (κ3) is 5.51. The lowest BCUT2D eigenvalue weighted by Gasteiger charge is -2.18. The number of methoxy groups -OCH3 is 1. The van der Waals surface area contributed by atoms with Gasteiger partial charge in [-0.1, -0.05) is 42.2 Å². The van der Waals surface area contributed by atoms with Crippen LogP contribution in [0, 0.1) is 14.9 Å². The smallest absolute Gasteiger partial charge is 0.266 e. The number of carbonyl (C=O) groups excluding carboxylic acids is 1. The minimum Gasteiger partial charge on any atom is -0.493 e. The second kappa shape index (κ2) is 10.9. The van der Waals surface area contributed by atoms with Gasteiger partial charge in [-0.05, 0) is 65.3 Å². The molecule has 0 radical (unpaired) electrons. The molecule has 33 heavy (non-hydrogen) atoms. The molecule has 6 nitrogen and oxygen atoms in total. The van der Waals surface area contributed by atoms with Crippen molar-refractivity contribution in [2.45, 2.75) is 25.6 Å². The molecule has 2 saturated heterocycles. The molecule has 0 unspecified atom stereocenters. The number of carbonyl (C=O) groups is 1. The minimum absolute atomic E-state index is 0.0514. The molecule has 2 aromatic carbocycles. The number of thiocarbonyl (C=S) groups is 1. The highest BCUT2D eigenvalue weighted by Crippen LogP contribution is 2.38. The maximum Gasteiger partial charge on any atom is 0.266 e. The molecule has 0 bridgehead atoms. The summed E-state index contributed by atoms with van der Waals surface area (Å²) in [5.41, 5.74) is 2.20. The first-order valence-electron chi connectivity index (χ1n) is 10.4. The SMILES string of the molecule is COc1cc(/C=C2\SC(=S)N(C[C@@H]3CCCO3)C2=O)cc(I)c1OCc1ccccc1C#N. The Hall–Kier alpha value is -2.13. The van der Waals surface area contributed by atoms with Gasteiger partial charge in [0, 0.05) is 12.2 Å². The average molecular weight is 592 g/mol. The standard InChI is InChI=1S/C24H21IN2O4S2/c1-29-20-10-15(9-19(25)22(20)31-14-17-6-3-2-5-16(17)12-26)11-21-23(28)27(24(32)33-21)13-18-7-4-8-30-18/h2-3,5-6,9-11,18H,4,7-8,13-14H2,1H3/b21-11-/t18-/m0/s1. The van der Waals surface area contributed by atoms with Crippen LogP contribution in [0.2, 0.25) is 0 Å². The van der Waals surface area contributed by atoms with Crippen LogP contribution in [-0.4, -0.2) is 41.5 Å². The number of nitrogens with zero attached hydrogens (tertiary/aromatic N) is 2. The summed E-state index contributed by atoms with van der Waals surface area (Å²) in [6.45, 7) is 1.49. The summed E-state index contributed by atoms with van der Waals surface area (Å²) in [5.74, 6) is 1.05. The molecular formula is C24H21IN2O4S2. The monoisotopic (exact) mass is 592 g/mol. The van der Waals surface area contributed by atoms with Crippen LogP contribution in [0.1, 0.15) is 29.5 Å². The highest BCUT2D eigenvalue weighted by Gasteiger charge is 2.34. The van der Waals surface area contributed by atoms with Gasteiger partial charge in [-0.25, -0.2) is 0 Å². The molecule has 1 amide bonds. The van der Waals surface area contributed by atoms with Crippen molar-refractivity contribution in [3.63, 3.8) is 0 Å². The second-order valence-electron chi connectivity index (χ2n) is 7.52. The molecule has 170 valence electrons. The van der Waals surface area contributed by atoms with Gasteiger partial charge in [0.25, 0.3) is 5.91 Å². The quantitative estimate of drug-likeness (QED) is 0.251. The van der Waals surface area contributed by atoms with Gasteiger partial charge in [0.05, 0.1) is 39.9 Å². The molecule has 2 aliphatic heterocycles. The number of rotatable bonds is 7. The number of benzene rings is 2. The topological polar surface area (TPSA) is 71.8 Å². The second-order valence-corrected chi connectivity index (χ2v) is 10.4. The normalized spacial score (nSPS) is 19.2. The summed E-state index contributed by atoms with van der Waals surface area (Å²) >= 11 is 8.93. The van der Waals surface area contributed by atoms with Gasteiger partial charge in [0.1, 0.15) is 10.9 Å². The highest BCUT2D eigenvalue weighted by atomic mass is 127. The van der Waals surface area contributed by atoms with Crippen molar-refractivity contribution in [2.75, 3.05) is 20.3 Å². The van der Waals surface area contributed by atoms with Gasteiger partial charge >= 0.3 is 0 Å². The zero-order chi connectivity index (χ0) is 23.4. The largest absolute Gasteiger partial charge is 0.493 e. The van der Waals surface area contributed by atoms with E-state index in [4.69, 9.17) is 26.4 Å². The molecule has 1 atom stereocenters. The summed E-state index contributed by atoms with van der Waals surface area (Å²) in [5, 5.41) is 9.29. The Morgan fingerprint density at radius 2 is 2.21 bits per heavy atom. The third-order valence-electron chi connectivity index (χ3n) is 5.34. The molecule has 9 heteroatoms. The predicted octanol–water partition coefficient (Wildman–Crippen LogP) is 5.13. The number of hydrogen-bond donors (Lipinski definition) is 0. The molecule has 0 spiro atoms. The molecule has 0 saturated carbocycles. The molecule has 0 aliphatic carbocycles. The Bertz CT molecular complexity index is 1160. The van der Waals surface area contributed by atoms with Crippen molar-refractivity contribution in [3.8, 4) is 17.6 Å². The number of thioether (sulfide) groups is 1. The number of amides is 1. The predicted molar refractivity (Wildman–Crippen MR) is 140 cm³/mol. The first-order chi connectivity index (χ1) is 16.0. The van der Waals surface area contributed by atoms with Crippen LogP contribution < -0.4 is 9.47 Å². The van der Waals surface area contributed by atoms with Gasteiger partial charge in [-0.2, -0.15) is 5.26 Å². The summed E-state index contributed by atoms with van der Waals surface area (Å²) in [6, 6.07) is 13.3. The van der Waals surface area contributed by atoms with E-state index in [1.54, 1.807) is 18.1 Å². The lowest BCUT2D eigenvalue weighted by atomic mass is 10.1. The van der Waals surface area contributed by atoms with E-state index in [9.17, 15) is 10.1 Å². The van der Waals surface area contributed by atoms with Crippen LogP contribution in [0.3, 0.4) is 0 Å². The third-order valence-corrected chi connectivity index (χ3v) is 7.52. The fraction of sp³-hybridized carbons (Fsp3) is 0.292. The van der Waals surface area contributed by atoms with Crippen LogP contribution in [-0.2, 0) is 16.1 Å². The number of hydrogen-bond acceptors (Lipinski definition) is 7. The van der Waals surface area contributed by atoms with Crippen LogP contribution in [0.25, 0.3) is 6.08 Å². The van der Waals surface area contributed by atoms with E-state index in [1.807, 2.05) is 36.4 Å². The van der Waals surface area contributed by atoms with E-state index in [-0.39, 0.29) is 18.6 Å². The van der Waals surface area contributed by atoms with Crippen LogP contribution in [0.15, 0.2) is 41.3 Å². The number of ether oxygens (including phenoxy) is 3. The van der Waals surface area contributed by atoms with Crippen molar-refractivity contribution in [1.29, 1.82) is 5.26 Å². The Labute approximate surface area is 216 Å². The molecule has 2 aliphatic rings. The van der Waals surface area contributed by atoms with Gasteiger partial charge in [-0.15, -0.1) is 0 Å². The van der Waals surface area contributed by atoms with Crippen molar-refractivity contribution in [1.82, 2.24) is 4.90 Å². The van der Waals surface area contributed by atoms with Gasteiger partial charge in [0.2, 0.25) is 0 Å². The van der Waals surface area contributed by atoms with Crippen LogP contribution >= 0.6 is 46.6 Å². The Kier molecular flexibility index (Phi) is 7.90. The molecule has 0 N–H and O–H groups in total. The van der Waals surface area contributed by atoms with E-state index in [1.165, 1.54) is 11.8 Å². The van der Waals surface area contributed by atoms with Crippen LogP contribution in [0.5, 0.6) is 11.5 Å². The van der Waals surface area contributed by atoms with E-state index >= 15 is 0 Å². The average Bonchev–Trinajstić information content (AvgIpc) is 3.42. The Balaban J connectivity index is 1.52. The van der Waals surface area contributed by atoms with E-state index in [0.29, 0.717) is 32.8 Å². The van der Waals surface area contributed by atoms with Crippen molar-refractivity contribution in [2.24, 2.45) is 0 Å². The maximum atomic E-state index is 12.9. The highest BCUT2D eigenvalue weighted by molar-refractivity contribution is 14.1. The number of nitriles is 1. The zero-order valence-electron chi connectivity index (χ0n) is 17.9. The molecule has 2 fully saturated rings. The summed E-state index contributed by atoms with van der Waals surface area (Å²) in [6.07, 6.45) is 3.85. The van der Waals surface area contributed by atoms with Gasteiger partial charge in [-0.3, -0.25) is 9.69 Å². The van der Waals surface area contributed by atoms with Crippen molar-refractivity contribution >= 4 is 62.9 Å². The maximum absolute atomic E-state index is 12.9. The summed E-state index contributed by atoms with van der Waals surface area (Å²) < 4.78 is 18.6. The van der Waals surface area contributed by atoms with Crippen LogP contribution in [0.4, 0.5) is 0 Å². The lowest BCUT2D eigenvalue weighted by Crippen LogP contribution is -2.35.